The fraction of sp³-hybridized carbons (Fsp3) is 0.385. The van der Waals surface area contributed by atoms with Crippen LogP contribution in [-0.2, 0) is 14.1 Å². The second-order valence-electron chi connectivity index (χ2n) is 9.63. The molecule has 1 aliphatic carbocycles. The van der Waals surface area contributed by atoms with Crippen LogP contribution in [0.5, 0.6) is 11.6 Å². The van der Waals surface area contributed by atoms with Crippen LogP contribution in [0.15, 0.2) is 35.4 Å². The standard InChI is InChI=1S/C26H29N7O6/c1-15-16(2)21(38-5)11-10-18(15)32(26(35)39-23-14-28-24(30(23)4)33(36)37)22-12-19-20(13-27-22)29(3)25(34)31(19)17-8-6-7-9-17/h10-14,17H,6-9H2,1-5H3. The summed E-state index contributed by atoms with van der Waals surface area (Å²) in [6, 6.07) is 5.23. The van der Waals surface area contributed by atoms with Crippen LogP contribution in [0.2, 0.25) is 0 Å². The molecule has 1 fully saturated rings. The number of nitrogens with zero attached hydrogens (tertiary/aromatic N) is 7. The summed E-state index contributed by atoms with van der Waals surface area (Å²) in [5, 5.41) is 11.3. The Hall–Kier alpha value is -4.68. The molecule has 1 aliphatic rings. The molecule has 1 amide bonds. The monoisotopic (exact) mass is 535 g/mol. The number of carbonyl (C=O) groups excluding carboxylic acids is 1. The lowest BCUT2D eigenvalue weighted by molar-refractivity contribution is -0.396. The smallest absolute Gasteiger partial charge is 0.437 e. The van der Waals surface area contributed by atoms with Gasteiger partial charge in [0.25, 0.3) is 0 Å². The minimum atomic E-state index is -0.849. The van der Waals surface area contributed by atoms with Crippen molar-refractivity contribution in [2.75, 3.05) is 12.0 Å². The van der Waals surface area contributed by atoms with Crippen molar-refractivity contribution in [3.05, 3.63) is 62.3 Å². The van der Waals surface area contributed by atoms with E-state index in [1.54, 1.807) is 47.7 Å². The molecule has 13 nitrogen and oxygen atoms in total. The van der Waals surface area contributed by atoms with Crippen molar-refractivity contribution in [3.63, 3.8) is 0 Å². The van der Waals surface area contributed by atoms with Gasteiger partial charge in [0.15, 0.2) is 6.20 Å². The number of ether oxygens (including phenoxy) is 2. The summed E-state index contributed by atoms with van der Waals surface area (Å²) in [5.74, 6) is 0.302. The molecule has 0 spiro atoms. The van der Waals surface area contributed by atoms with Crippen molar-refractivity contribution < 1.29 is 19.2 Å². The zero-order valence-corrected chi connectivity index (χ0v) is 22.4. The van der Waals surface area contributed by atoms with Crippen LogP contribution in [0.4, 0.5) is 22.2 Å². The van der Waals surface area contributed by atoms with Crippen LogP contribution < -0.4 is 20.1 Å². The minimum absolute atomic E-state index is 0.0665. The number of carbonyl (C=O) groups is 1. The van der Waals surface area contributed by atoms with E-state index in [2.05, 4.69) is 9.97 Å². The highest BCUT2D eigenvalue weighted by Crippen LogP contribution is 2.36. The summed E-state index contributed by atoms with van der Waals surface area (Å²) in [7, 11) is 4.65. The highest BCUT2D eigenvalue weighted by Gasteiger charge is 2.30. The number of anilines is 2. The van der Waals surface area contributed by atoms with Gasteiger partial charge >= 0.3 is 23.6 Å². The Morgan fingerprint density at radius 3 is 2.44 bits per heavy atom. The van der Waals surface area contributed by atoms with Crippen LogP contribution in [0.1, 0.15) is 42.9 Å². The molecule has 0 aliphatic heterocycles. The number of hydrogen-bond donors (Lipinski definition) is 0. The van der Waals surface area contributed by atoms with Gasteiger partial charge in [-0.25, -0.2) is 19.5 Å². The number of nitro groups is 1. The Kier molecular flexibility index (Phi) is 6.58. The first-order chi connectivity index (χ1) is 18.6. The van der Waals surface area contributed by atoms with Gasteiger partial charge in [0, 0.05) is 19.2 Å². The third-order valence-corrected chi connectivity index (χ3v) is 7.51. The van der Waals surface area contributed by atoms with Gasteiger partial charge in [-0.1, -0.05) is 17.8 Å². The maximum atomic E-state index is 13.8. The second kappa shape index (κ2) is 9.89. The summed E-state index contributed by atoms with van der Waals surface area (Å²) in [6.07, 6.45) is 5.73. The molecule has 0 N–H and O–H groups in total. The Bertz CT molecular complexity index is 1660. The van der Waals surface area contributed by atoms with Crippen molar-refractivity contribution in [2.45, 2.75) is 45.6 Å². The molecule has 5 rings (SSSR count). The predicted octanol–water partition coefficient (Wildman–Crippen LogP) is 4.45. The zero-order valence-electron chi connectivity index (χ0n) is 22.4. The molecule has 1 saturated carbocycles. The Morgan fingerprint density at radius 2 is 1.79 bits per heavy atom. The minimum Gasteiger partial charge on any atom is -0.496 e. The predicted molar refractivity (Wildman–Crippen MR) is 143 cm³/mol. The number of rotatable bonds is 6. The first kappa shape index (κ1) is 25.9. The van der Waals surface area contributed by atoms with Crippen molar-refractivity contribution in [2.24, 2.45) is 14.1 Å². The van der Waals surface area contributed by atoms with Gasteiger partial charge < -0.3 is 19.6 Å². The number of aromatic nitrogens is 5. The van der Waals surface area contributed by atoms with Crippen LogP contribution in [0, 0.1) is 24.0 Å². The third kappa shape index (κ3) is 4.29. The Labute approximate surface area is 223 Å². The highest BCUT2D eigenvalue weighted by molar-refractivity contribution is 5.98. The normalized spacial score (nSPS) is 13.7. The first-order valence-electron chi connectivity index (χ1n) is 12.5. The topological polar surface area (TPSA) is 140 Å². The molecule has 39 heavy (non-hydrogen) atoms. The van der Waals surface area contributed by atoms with Gasteiger partial charge in [0.05, 0.1) is 37.1 Å². The largest absolute Gasteiger partial charge is 0.496 e. The molecule has 3 aromatic heterocycles. The lowest BCUT2D eigenvalue weighted by Crippen LogP contribution is -2.31. The number of methoxy groups -OCH3 is 1. The fourth-order valence-electron chi connectivity index (χ4n) is 5.23. The summed E-state index contributed by atoms with van der Waals surface area (Å²) < 4.78 is 15.5. The maximum Gasteiger partial charge on any atom is 0.437 e. The van der Waals surface area contributed by atoms with E-state index in [4.69, 9.17) is 9.47 Å². The van der Waals surface area contributed by atoms with E-state index >= 15 is 0 Å². The lowest BCUT2D eigenvalue weighted by Gasteiger charge is -2.24. The van der Waals surface area contributed by atoms with E-state index in [1.807, 2.05) is 13.8 Å². The molecule has 13 heteroatoms. The average Bonchev–Trinajstić information content (AvgIpc) is 3.62. The zero-order chi connectivity index (χ0) is 28.0. The van der Waals surface area contributed by atoms with E-state index in [0.29, 0.717) is 22.5 Å². The van der Waals surface area contributed by atoms with Gasteiger partial charge in [0.2, 0.25) is 0 Å². The van der Waals surface area contributed by atoms with Gasteiger partial charge in [-0.2, -0.15) is 4.57 Å². The fourth-order valence-corrected chi connectivity index (χ4v) is 5.23. The number of hydrogen-bond acceptors (Lipinski definition) is 8. The van der Waals surface area contributed by atoms with E-state index in [9.17, 15) is 19.7 Å². The molecule has 1 aromatic carbocycles. The molecular formula is C26H29N7O6. The Morgan fingerprint density at radius 1 is 1.08 bits per heavy atom. The summed E-state index contributed by atoms with van der Waals surface area (Å²) in [6.45, 7) is 3.72. The summed E-state index contributed by atoms with van der Waals surface area (Å²) >= 11 is 0. The van der Waals surface area contributed by atoms with E-state index in [0.717, 1.165) is 47.6 Å². The van der Waals surface area contributed by atoms with Gasteiger partial charge in [-0.05, 0) is 54.9 Å². The Balaban J connectivity index is 1.67. The molecule has 4 aromatic rings. The summed E-state index contributed by atoms with van der Waals surface area (Å²) in [5.41, 5.74) is 3.21. The lowest BCUT2D eigenvalue weighted by atomic mass is 10.1. The van der Waals surface area contributed by atoms with E-state index < -0.39 is 17.0 Å². The molecule has 204 valence electrons. The van der Waals surface area contributed by atoms with Gasteiger partial charge in [-0.15, -0.1) is 0 Å². The number of pyridine rings is 1. The van der Waals surface area contributed by atoms with Crippen molar-refractivity contribution in [3.8, 4) is 11.6 Å². The molecule has 0 radical (unpaired) electrons. The molecule has 3 heterocycles. The van der Waals surface area contributed by atoms with Crippen LogP contribution in [0.25, 0.3) is 11.0 Å². The average molecular weight is 536 g/mol. The number of benzene rings is 1. The highest BCUT2D eigenvalue weighted by atomic mass is 16.6. The first-order valence-corrected chi connectivity index (χ1v) is 12.5. The van der Waals surface area contributed by atoms with Crippen molar-refractivity contribution >= 4 is 34.6 Å². The molecule has 0 saturated heterocycles. The molecule has 0 atom stereocenters. The van der Waals surface area contributed by atoms with Gasteiger partial charge in [-0.3, -0.25) is 9.13 Å². The van der Waals surface area contributed by atoms with Gasteiger partial charge in [0.1, 0.15) is 11.6 Å². The number of aryl methyl sites for hydroxylation is 1. The number of fused-ring (bicyclic) bond motifs is 1. The van der Waals surface area contributed by atoms with Crippen molar-refractivity contribution in [1.82, 2.24) is 23.7 Å². The summed E-state index contributed by atoms with van der Waals surface area (Å²) in [4.78, 5) is 47.1. The molecule has 0 unspecified atom stereocenters. The quantitative estimate of drug-likeness (QED) is 0.261. The molecule has 0 bridgehead atoms. The number of imidazole rings is 2. The van der Waals surface area contributed by atoms with Crippen LogP contribution >= 0.6 is 0 Å². The van der Waals surface area contributed by atoms with E-state index in [-0.39, 0.29) is 23.4 Å². The van der Waals surface area contributed by atoms with Crippen molar-refractivity contribution in [1.29, 1.82) is 0 Å². The molecular weight excluding hydrogens is 506 g/mol. The SMILES string of the molecule is COc1ccc(N(C(=O)Oc2cnc([N+](=O)[O-])n2C)c2cc3c(cn2)n(C)c(=O)n3C2CCCC2)c(C)c1C. The van der Waals surface area contributed by atoms with E-state index in [1.165, 1.54) is 11.9 Å². The number of amides is 1. The maximum absolute atomic E-state index is 13.8. The van der Waals surface area contributed by atoms with Crippen LogP contribution in [-0.4, -0.2) is 41.8 Å². The second-order valence-corrected chi connectivity index (χ2v) is 9.63. The third-order valence-electron chi connectivity index (χ3n) is 7.51. The van der Waals surface area contributed by atoms with Crippen LogP contribution in [0.3, 0.4) is 0 Å².